The Kier molecular flexibility index (Phi) is 11.4. The first kappa shape index (κ1) is 43.2. The van der Waals surface area contributed by atoms with Crippen LogP contribution in [0, 0.1) is 5.92 Å². The number of halogens is 3. The number of sulfonamides is 1. The van der Waals surface area contributed by atoms with Gasteiger partial charge in [-0.1, -0.05) is 56.4 Å². The monoisotopic (exact) mass is 882 g/mol. The molecule has 2 aliphatic carbocycles. The number of amides is 4. The number of hydrogen-bond donors (Lipinski definition) is 3. The third-order valence-electron chi connectivity index (χ3n) is 11.9. The maximum Gasteiger partial charge on any atom is 0.416 e. The smallest absolute Gasteiger partial charge is 0.416 e. The summed E-state index contributed by atoms with van der Waals surface area (Å²) in [7, 11) is -3.95. The molecule has 4 aliphatic rings. The Morgan fingerprint density at radius 3 is 2.32 bits per heavy atom. The van der Waals surface area contributed by atoms with Crippen molar-refractivity contribution in [2.75, 3.05) is 6.54 Å². The van der Waals surface area contributed by atoms with Gasteiger partial charge in [0.25, 0.3) is 11.8 Å². The van der Waals surface area contributed by atoms with Crippen LogP contribution in [0.5, 0.6) is 5.88 Å². The van der Waals surface area contributed by atoms with E-state index in [0.29, 0.717) is 42.2 Å². The molecule has 15 nitrogen and oxygen atoms in total. The molecule has 4 aromatic rings. The normalized spacial score (nSPS) is 25.2. The number of para-hydroxylation sites is 1. The second-order valence-electron chi connectivity index (χ2n) is 17.8. The summed E-state index contributed by atoms with van der Waals surface area (Å²) in [6.45, 7) is 4.88. The van der Waals surface area contributed by atoms with Gasteiger partial charge in [0.05, 0.1) is 17.4 Å². The van der Waals surface area contributed by atoms with Crippen LogP contribution in [0.3, 0.4) is 0 Å². The first-order valence-electron chi connectivity index (χ1n) is 21.0. The zero-order valence-corrected chi connectivity index (χ0v) is 35.4. The molecule has 4 heterocycles. The fourth-order valence-corrected chi connectivity index (χ4v) is 9.81. The highest BCUT2D eigenvalue weighted by molar-refractivity contribution is 7.91. The number of furan rings is 1. The van der Waals surface area contributed by atoms with Crippen molar-refractivity contribution in [2.45, 2.75) is 132 Å². The summed E-state index contributed by atoms with van der Waals surface area (Å²) in [6, 6.07) is 8.96. The van der Waals surface area contributed by atoms with Crippen LogP contribution in [0.4, 0.5) is 18.0 Å². The quantitative estimate of drug-likeness (QED) is 0.182. The van der Waals surface area contributed by atoms with Gasteiger partial charge in [-0.3, -0.25) is 19.1 Å². The molecule has 5 unspecified atom stereocenters. The fourth-order valence-electron chi connectivity index (χ4n) is 8.44. The summed E-state index contributed by atoms with van der Waals surface area (Å²) in [5.41, 5.74) is -2.12. The van der Waals surface area contributed by atoms with Crippen LogP contribution in [0.25, 0.3) is 33.5 Å². The summed E-state index contributed by atoms with van der Waals surface area (Å²) in [4.78, 5) is 66.8. The Morgan fingerprint density at radius 2 is 1.63 bits per heavy atom. The molecule has 4 fully saturated rings. The molecule has 19 heteroatoms. The van der Waals surface area contributed by atoms with Crippen molar-refractivity contribution in [3.63, 3.8) is 0 Å². The molecular formula is C43H49F3N6O9S. The van der Waals surface area contributed by atoms with E-state index in [-0.39, 0.29) is 54.6 Å². The standard InChI is InChI=1S/C43H49F3N6O9S/c1-41(2,3)61-40(56)47-30-13-8-6-4-5-7-11-26-22-42(26,39(55)51-62(57,58)28-19-20-28)50-36(53)31-21-27(23-52(31)38(30)54)59-37-34-33(29-12-9-10-14-32(29)60-34)48-35(49-37)24-15-17-25(18-16-24)43(44,45)46/h9-10,12,14-18,26-28,30-31H,4-8,11,13,19-23H2,1-3H3,(H,47,56)(H,50,53)(H,51,55). The van der Waals surface area contributed by atoms with Crippen molar-refractivity contribution in [1.82, 2.24) is 30.2 Å². The highest BCUT2D eigenvalue weighted by atomic mass is 32.2. The number of alkyl halides is 3. The molecule has 5 atom stereocenters. The van der Waals surface area contributed by atoms with Gasteiger partial charge in [-0.05, 0) is 83.1 Å². The summed E-state index contributed by atoms with van der Waals surface area (Å²) >= 11 is 0. The largest absolute Gasteiger partial charge is 0.470 e. The van der Waals surface area contributed by atoms with E-state index in [4.69, 9.17) is 13.9 Å². The van der Waals surface area contributed by atoms with E-state index in [1.54, 1.807) is 45.0 Å². The number of aromatic nitrogens is 2. The number of nitrogens with zero attached hydrogens (tertiary/aromatic N) is 3. The van der Waals surface area contributed by atoms with E-state index < -0.39 is 80.2 Å². The molecule has 2 aromatic carbocycles. The van der Waals surface area contributed by atoms with Gasteiger partial charge in [0.15, 0.2) is 5.82 Å². The molecule has 0 spiro atoms. The molecule has 2 saturated heterocycles. The van der Waals surface area contributed by atoms with E-state index in [1.807, 2.05) is 0 Å². The van der Waals surface area contributed by atoms with Gasteiger partial charge in [-0.15, -0.1) is 0 Å². The number of fused-ring (bicyclic) bond motifs is 5. The number of benzene rings is 2. The molecular weight excluding hydrogens is 834 g/mol. The first-order valence-corrected chi connectivity index (χ1v) is 22.6. The second kappa shape index (κ2) is 16.3. The van der Waals surface area contributed by atoms with Gasteiger partial charge in [-0.25, -0.2) is 18.2 Å². The van der Waals surface area contributed by atoms with Crippen LogP contribution in [-0.4, -0.2) is 88.2 Å². The molecule has 332 valence electrons. The van der Waals surface area contributed by atoms with Gasteiger partial charge in [0, 0.05) is 17.4 Å². The minimum absolute atomic E-state index is 0.0324. The van der Waals surface area contributed by atoms with Crippen molar-refractivity contribution in [3.05, 3.63) is 54.1 Å². The van der Waals surface area contributed by atoms with E-state index in [1.165, 1.54) is 17.0 Å². The molecule has 3 N–H and O–H groups in total. The van der Waals surface area contributed by atoms with Gasteiger partial charge >= 0.3 is 12.3 Å². The zero-order chi connectivity index (χ0) is 44.2. The highest BCUT2D eigenvalue weighted by Gasteiger charge is 2.62. The van der Waals surface area contributed by atoms with Gasteiger partial charge < -0.3 is 29.4 Å². The van der Waals surface area contributed by atoms with Gasteiger partial charge in [-0.2, -0.15) is 18.2 Å². The summed E-state index contributed by atoms with van der Waals surface area (Å²) in [5, 5.41) is 5.49. The topological polar surface area (TPSA) is 199 Å². The minimum atomic E-state index is -4.57. The predicted molar refractivity (Wildman–Crippen MR) is 219 cm³/mol. The molecule has 2 aliphatic heterocycles. The minimum Gasteiger partial charge on any atom is -0.470 e. The predicted octanol–water partition coefficient (Wildman–Crippen LogP) is 6.53. The Balaban J connectivity index is 1.14. The number of ether oxygens (including phenoxy) is 2. The number of hydrogen-bond acceptors (Lipinski definition) is 11. The van der Waals surface area contributed by atoms with Crippen LogP contribution >= 0.6 is 0 Å². The highest BCUT2D eigenvalue weighted by Crippen LogP contribution is 2.48. The van der Waals surface area contributed by atoms with Crippen LogP contribution in [-0.2, 0) is 35.3 Å². The van der Waals surface area contributed by atoms with Gasteiger partial charge in [0.2, 0.25) is 27.4 Å². The maximum absolute atomic E-state index is 14.7. The van der Waals surface area contributed by atoms with E-state index in [9.17, 15) is 40.8 Å². The lowest BCUT2D eigenvalue weighted by molar-refractivity contribution is -0.141. The number of rotatable bonds is 7. The molecule has 2 saturated carbocycles. The van der Waals surface area contributed by atoms with Crippen LogP contribution in [0.2, 0.25) is 0 Å². The number of alkyl carbamates (subject to hydrolysis) is 1. The Bertz CT molecular complexity index is 2500. The van der Waals surface area contributed by atoms with Crippen molar-refractivity contribution < 1.29 is 54.7 Å². The van der Waals surface area contributed by atoms with E-state index in [0.717, 1.165) is 37.8 Å². The van der Waals surface area contributed by atoms with Crippen molar-refractivity contribution in [1.29, 1.82) is 0 Å². The average Bonchev–Trinajstić information content (AvgIpc) is 4.10. The van der Waals surface area contributed by atoms with Crippen molar-refractivity contribution in [3.8, 4) is 17.3 Å². The second-order valence-corrected chi connectivity index (χ2v) is 19.7. The van der Waals surface area contributed by atoms with Crippen molar-refractivity contribution >= 4 is 55.9 Å². The number of carbonyl (C=O) groups excluding carboxylic acids is 4. The van der Waals surface area contributed by atoms with Crippen LogP contribution in [0.1, 0.15) is 97.0 Å². The number of nitrogens with one attached hydrogen (secondary N) is 3. The lowest BCUT2D eigenvalue weighted by Crippen LogP contribution is -2.58. The average molecular weight is 883 g/mol. The Hall–Kier alpha value is -5.46. The summed E-state index contributed by atoms with van der Waals surface area (Å²) in [5.74, 6) is -2.51. The molecule has 8 rings (SSSR count). The van der Waals surface area contributed by atoms with Crippen molar-refractivity contribution in [2.24, 2.45) is 5.92 Å². The van der Waals surface area contributed by atoms with Gasteiger partial charge in [0.1, 0.15) is 40.4 Å². The van der Waals surface area contributed by atoms with Crippen LogP contribution < -0.4 is 20.1 Å². The third-order valence-corrected chi connectivity index (χ3v) is 13.7. The molecule has 4 amide bonds. The Labute approximate surface area is 355 Å². The summed E-state index contributed by atoms with van der Waals surface area (Å²) < 4.78 is 86.7. The van der Waals surface area contributed by atoms with E-state index in [2.05, 4.69) is 25.3 Å². The zero-order valence-electron chi connectivity index (χ0n) is 34.5. The maximum atomic E-state index is 14.7. The van der Waals surface area contributed by atoms with E-state index >= 15 is 0 Å². The summed E-state index contributed by atoms with van der Waals surface area (Å²) in [6.07, 6.45) is -0.889. The SMILES string of the molecule is CC(C)(C)OC(=O)NC1CCCCCCCC2CC2(C(=O)NS(=O)(=O)C2CC2)NC(=O)C2CC(Oc3nc(-c4ccc(C(F)(F)F)cc4)nc4c3oc3ccccc34)CN2C1=O. The number of carbonyl (C=O) groups is 4. The molecule has 2 aromatic heterocycles. The lowest BCUT2D eigenvalue weighted by atomic mass is 10.0. The Morgan fingerprint density at radius 1 is 0.935 bits per heavy atom. The lowest BCUT2D eigenvalue weighted by Gasteiger charge is -2.30. The molecule has 0 bridgehead atoms. The molecule has 62 heavy (non-hydrogen) atoms. The third kappa shape index (κ3) is 9.17. The first-order chi connectivity index (χ1) is 29.3. The molecule has 0 radical (unpaired) electrons. The van der Waals surface area contributed by atoms with Crippen LogP contribution in [0.15, 0.2) is 52.9 Å². The fraction of sp³-hybridized carbons (Fsp3) is 0.535.